The number of halogens is 1. The molecule has 1 aliphatic heterocycles. The Hall–Kier alpha value is -1.82. The van der Waals surface area contributed by atoms with Crippen LogP contribution in [0.5, 0.6) is 0 Å². The first kappa shape index (κ1) is 24.5. The van der Waals surface area contributed by atoms with Crippen LogP contribution >= 0.6 is 15.9 Å². The fourth-order valence-corrected chi connectivity index (χ4v) is 3.32. The summed E-state index contributed by atoms with van der Waals surface area (Å²) in [4.78, 5) is 12.2. The topological polar surface area (TPSA) is 80.6 Å². The van der Waals surface area contributed by atoms with E-state index in [2.05, 4.69) is 27.3 Å². The van der Waals surface area contributed by atoms with Crippen LogP contribution in [0.15, 0.2) is 23.7 Å². The Morgan fingerprint density at radius 1 is 1.27 bits per heavy atom. The van der Waals surface area contributed by atoms with Crippen molar-refractivity contribution in [1.82, 2.24) is 5.32 Å². The number of hydrogen-bond donors (Lipinski definition) is 1. The molecule has 1 amide bonds. The Kier molecular flexibility index (Phi) is 7.44. The van der Waals surface area contributed by atoms with Gasteiger partial charge >= 0.3 is 13.2 Å². The fraction of sp³-hybridized carbons (Fsp3) is 0.545. The molecule has 0 atom stereocenters. The number of nitriles is 1. The second kappa shape index (κ2) is 9.13. The molecule has 1 aliphatic rings. The van der Waals surface area contributed by atoms with E-state index < -0.39 is 30.0 Å². The summed E-state index contributed by atoms with van der Waals surface area (Å²) in [5.74, 6) is 0. The van der Waals surface area contributed by atoms with Gasteiger partial charge in [-0.05, 0) is 77.2 Å². The summed E-state index contributed by atoms with van der Waals surface area (Å²) >= 11 is 3.50. The molecule has 1 saturated heterocycles. The van der Waals surface area contributed by atoms with Crippen LogP contribution in [0, 0.1) is 11.3 Å². The lowest BCUT2D eigenvalue weighted by molar-refractivity contribution is 0.00578. The highest BCUT2D eigenvalue weighted by Gasteiger charge is 2.52. The summed E-state index contributed by atoms with van der Waals surface area (Å²) in [5.41, 5.74) is 1.53. The van der Waals surface area contributed by atoms with Crippen LogP contribution in [0.25, 0.3) is 6.08 Å². The predicted octanol–water partition coefficient (Wildman–Crippen LogP) is 4.99. The number of carbonyl (C=O) groups excluding carboxylic acids is 1. The lowest BCUT2D eigenvalue weighted by Crippen LogP contribution is -2.41. The van der Waals surface area contributed by atoms with Crippen molar-refractivity contribution in [3.8, 4) is 6.07 Å². The van der Waals surface area contributed by atoms with E-state index in [9.17, 15) is 10.1 Å². The standard InChI is InChI=1S/C22H30BBrN2O4/c1-20(2,3)28-19(27)26-14-18(23-29-21(4,5)22(6,7)30-23)11-17-10-15(13-25)8-9-16(17)12-24/h8-11H,12,14H2,1-7H3,(H,26,27). The zero-order valence-corrected chi connectivity index (χ0v) is 20.3. The van der Waals surface area contributed by atoms with Crippen LogP contribution in [0.2, 0.25) is 0 Å². The number of alkyl halides is 1. The molecule has 1 aromatic rings. The average Bonchev–Trinajstić information content (AvgIpc) is 2.84. The molecule has 0 saturated carbocycles. The molecule has 0 unspecified atom stereocenters. The van der Waals surface area contributed by atoms with Gasteiger partial charge in [0.1, 0.15) is 5.60 Å². The van der Waals surface area contributed by atoms with Crippen molar-refractivity contribution in [2.24, 2.45) is 0 Å². The molecule has 1 aromatic carbocycles. The second-order valence-corrected chi connectivity index (χ2v) is 9.88. The molecular weight excluding hydrogens is 447 g/mol. The first-order valence-corrected chi connectivity index (χ1v) is 11.0. The second-order valence-electron chi connectivity index (χ2n) is 9.32. The largest absolute Gasteiger partial charge is 0.492 e. The fourth-order valence-electron chi connectivity index (χ4n) is 2.81. The number of rotatable bonds is 5. The quantitative estimate of drug-likeness (QED) is 0.478. The third-order valence-electron chi connectivity index (χ3n) is 5.15. The minimum Gasteiger partial charge on any atom is -0.444 e. The monoisotopic (exact) mass is 476 g/mol. The number of carbonyl (C=O) groups is 1. The van der Waals surface area contributed by atoms with Gasteiger partial charge in [-0.25, -0.2) is 4.79 Å². The van der Waals surface area contributed by atoms with Crippen LogP contribution < -0.4 is 5.32 Å². The van der Waals surface area contributed by atoms with Crippen molar-refractivity contribution >= 4 is 35.2 Å². The van der Waals surface area contributed by atoms with E-state index in [0.717, 1.165) is 16.6 Å². The van der Waals surface area contributed by atoms with Crippen LogP contribution in [0.1, 0.15) is 65.2 Å². The molecule has 1 N–H and O–H groups in total. The summed E-state index contributed by atoms with van der Waals surface area (Å²) in [7, 11) is -0.640. The van der Waals surface area contributed by atoms with Crippen molar-refractivity contribution in [2.75, 3.05) is 6.54 Å². The van der Waals surface area contributed by atoms with Gasteiger partial charge in [0.05, 0.1) is 22.8 Å². The summed E-state index contributed by atoms with van der Waals surface area (Å²) in [6.07, 6.45) is 1.40. The Labute approximate surface area is 188 Å². The van der Waals surface area contributed by atoms with Crippen molar-refractivity contribution < 1.29 is 18.8 Å². The number of nitrogens with zero attached hydrogens (tertiary/aromatic N) is 1. The maximum Gasteiger partial charge on any atom is 0.492 e. The third-order valence-corrected chi connectivity index (χ3v) is 5.76. The van der Waals surface area contributed by atoms with E-state index in [0.29, 0.717) is 10.9 Å². The molecule has 6 nitrogen and oxygen atoms in total. The maximum atomic E-state index is 12.2. The summed E-state index contributed by atoms with van der Waals surface area (Å²) in [5, 5.41) is 12.7. The highest BCUT2D eigenvalue weighted by Crippen LogP contribution is 2.39. The number of ether oxygens (including phenoxy) is 1. The van der Waals surface area contributed by atoms with E-state index in [1.54, 1.807) is 6.07 Å². The van der Waals surface area contributed by atoms with Gasteiger partial charge < -0.3 is 19.4 Å². The molecular formula is C22H30BBrN2O4. The molecule has 162 valence electrons. The Morgan fingerprint density at radius 2 is 1.87 bits per heavy atom. The zero-order valence-electron chi connectivity index (χ0n) is 18.8. The molecule has 1 fully saturated rings. The van der Waals surface area contributed by atoms with Gasteiger partial charge in [-0.3, -0.25) is 0 Å². The van der Waals surface area contributed by atoms with Gasteiger partial charge in [0, 0.05) is 11.9 Å². The average molecular weight is 477 g/mol. The van der Waals surface area contributed by atoms with Gasteiger partial charge in [-0.2, -0.15) is 5.26 Å². The molecule has 0 aliphatic carbocycles. The van der Waals surface area contributed by atoms with E-state index in [4.69, 9.17) is 14.0 Å². The van der Waals surface area contributed by atoms with Crippen LogP contribution in [-0.2, 0) is 19.4 Å². The van der Waals surface area contributed by atoms with E-state index >= 15 is 0 Å². The molecule has 30 heavy (non-hydrogen) atoms. The number of hydrogen-bond acceptors (Lipinski definition) is 5. The van der Waals surface area contributed by atoms with Crippen LogP contribution in [0.3, 0.4) is 0 Å². The van der Waals surface area contributed by atoms with Gasteiger partial charge in [-0.15, -0.1) is 0 Å². The third kappa shape index (κ3) is 6.10. The van der Waals surface area contributed by atoms with Gasteiger partial charge in [0.25, 0.3) is 0 Å². The summed E-state index contributed by atoms with van der Waals surface area (Å²) < 4.78 is 17.8. The maximum absolute atomic E-state index is 12.2. The van der Waals surface area contributed by atoms with E-state index in [1.807, 2.05) is 66.7 Å². The predicted molar refractivity (Wildman–Crippen MR) is 122 cm³/mol. The van der Waals surface area contributed by atoms with Gasteiger partial charge in [0.2, 0.25) is 0 Å². The molecule has 1 heterocycles. The number of nitrogens with one attached hydrogen (secondary N) is 1. The molecule has 0 spiro atoms. The lowest BCUT2D eigenvalue weighted by Gasteiger charge is -2.32. The minimum atomic E-state index is -0.640. The number of benzene rings is 1. The summed E-state index contributed by atoms with van der Waals surface area (Å²) in [6, 6.07) is 7.67. The lowest BCUT2D eigenvalue weighted by atomic mass is 9.76. The van der Waals surface area contributed by atoms with Gasteiger partial charge in [0.15, 0.2) is 0 Å². The van der Waals surface area contributed by atoms with Crippen molar-refractivity contribution in [1.29, 1.82) is 5.26 Å². The minimum absolute atomic E-state index is 0.185. The number of alkyl carbamates (subject to hydrolysis) is 1. The van der Waals surface area contributed by atoms with E-state index in [-0.39, 0.29) is 6.54 Å². The van der Waals surface area contributed by atoms with Crippen LogP contribution in [-0.4, -0.2) is 36.6 Å². The summed E-state index contributed by atoms with van der Waals surface area (Å²) in [6.45, 7) is 13.5. The molecule has 0 radical (unpaired) electrons. The smallest absolute Gasteiger partial charge is 0.444 e. The van der Waals surface area contributed by atoms with Crippen molar-refractivity contribution in [2.45, 2.75) is 70.6 Å². The Bertz CT molecular complexity index is 853. The Morgan fingerprint density at radius 3 is 2.37 bits per heavy atom. The van der Waals surface area contributed by atoms with Crippen molar-refractivity contribution in [3.05, 3.63) is 40.4 Å². The van der Waals surface area contributed by atoms with Crippen LogP contribution in [0.4, 0.5) is 4.79 Å². The first-order valence-electron chi connectivity index (χ1n) is 9.90. The molecule has 8 heteroatoms. The normalized spacial score (nSPS) is 18.1. The molecule has 0 aromatic heterocycles. The molecule has 2 rings (SSSR count). The van der Waals surface area contributed by atoms with E-state index in [1.165, 1.54) is 0 Å². The Balaban J connectivity index is 2.39. The molecule has 0 bridgehead atoms. The number of amides is 1. The first-order chi connectivity index (χ1) is 13.8. The SMILES string of the molecule is CC(C)(C)OC(=O)NCC(=Cc1cc(C#N)ccc1CBr)B1OC(C)(C)C(C)(C)O1. The van der Waals surface area contributed by atoms with Crippen molar-refractivity contribution in [3.63, 3.8) is 0 Å². The highest BCUT2D eigenvalue weighted by atomic mass is 79.9. The highest BCUT2D eigenvalue weighted by molar-refractivity contribution is 9.08. The zero-order chi connectivity index (χ0) is 22.7. The van der Waals surface area contributed by atoms with Gasteiger partial charge in [-0.1, -0.05) is 28.1 Å².